The number of thiophene rings is 1. The van der Waals surface area contributed by atoms with Gasteiger partial charge in [0.25, 0.3) is 0 Å². The zero-order valence-corrected chi connectivity index (χ0v) is 9.32. The largest absolute Gasteiger partial charge is 0.271 e. The number of hydrogen-bond donors (Lipinski definition) is 2. The first-order valence-corrected chi connectivity index (χ1v) is 5.58. The summed E-state index contributed by atoms with van der Waals surface area (Å²) in [6.45, 7) is 6.56. The highest BCUT2D eigenvalue weighted by Gasteiger charge is 2.18. The van der Waals surface area contributed by atoms with Crippen LogP contribution in [0.2, 0.25) is 0 Å². The van der Waals surface area contributed by atoms with Gasteiger partial charge in [0, 0.05) is 4.88 Å². The fraction of sp³-hybridized carbons (Fsp3) is 0.600. The molecule has 74 valence electrons. The lowest BCUT2D eigenvalue weighted by Crippen LogP contribution is -2.32. The molecule has 0 amide bonds. The van der Waals surface area contributed by atoms with Crippen LogP contribution in [0, 0.1) is 12.8 Å². The van der Waals surface area contributed by atoms with E-state index in [0.717, 1.165) is 6.42 Å². The Labute approximate surface area is 84.1 Å². The SMILES string of the molecule is CCC(C)C(NN)c1sccc1C. The maximum atomic E-state index is 5.57. The lowest BCUT2D eigenvalue weighted by Gasteiger charge is -2.21. The van der Waals surface area contributed by atoms with Gasteiger partial charge in [-0.05, 0) is 29.9 Å². The van der Waals surface area contributed by atoms with Crippen molar-refractivity contribution in [3.8, 4) is 0 Å². The second-order valence-corrected chi connectivity index (χ2v) is 4.45. The molecule has 1 rings (SSSR count). The van der Waals surface area contributed by atoms with Gasteiger partial charge in [0.1, 0.15) is 0 Å². The van der Waals surface area contributed by atoms with Crippen LogP contribution < -0.4 is 11.3 Å². The van der Waals surface area contributed by atoms with E-state index in [2.05, 4.69) is 37.6 Å². The van der Waals surface area contributed by atoms with Gasteiger partial charge in [-0.25, -0.2) is 0 Å². The zero-order chi connectivity index (χ0) is 9.84. The Bertz CT molecular complexity index is 257. The molecule has 3 N–H and O–H groups in total. The Morgan fingerprint density at radius 3 is 2.69 bits per heavy atom. The van der Waals surface area contributed by atoms with Gasteiger partial charge >= 0.3 is 0 Å². The Morgan fingerprint density at radius 1 is 1.62 bits per heavy atom. The number of nitrogens with two attached hydrogens (primary N) is 1. The molecule has 0 aliphatic rings. The van der Waals surface area contributed by atoms with Gasteiger partial charge in [-0.2, -0.15) is 0 Å². The second-order valence-electron chi connectivity index (χ2n) is 3.50. The third-order valence-corrected chi connectivity index (χ3v) is 3.68. The molecule has 1 aromatic heterocycles. The third kappa shape index (κ3) is 2.30. The zero-order valence-electron chi connectivity index (χ0n) is 8.50. The monoisotopic (exact) mass is 198 g/mol. The van der Waals surface area contributed by atoms with Crippen molar-refractivity contribution in [2.24, 2.45) is 11.8 Å². The molecule has 0 bridgehead atoms. The molecule has 0 aliphatic carbocycles. The molecule has 0 fully saturated rings. The molecule has 0 aliphatic heterocycles. The molecule has 3 heteroatoms. The van der Waals surface area contributed by atoms with Crippen molar-refractivity contribution in [2.75, 3.05) is 0 Å². The topological polar surface area (TPSA) is 38.0 Å². The van der Waals surface area contributed by atoms with E-state index in [1.807, 2.05) is 0 Å². The first-order valence-electron chi connectivity index (χ1n) is 4.70. The van der Waals surface area contributed by atoms with Gasteiger partial charge in [-0.1, -0.05) is 20.3 Å². The first-order chi connectivity index (χ1) is 6.20. The van der Waals surface area contributed by atoms with Crippen molar-refractivity contribution in [1.29, 1.82) is 0 Å². The Kier molecular flexibility index (Phi) is 3.90. The predicted molar refractivity (Wildman–Crippen MR) is 58.6 cm³/mol. The standard InChI is InChI=1S/C10H18N2S/c1-4-7(2)9(12-11)10-8(3)5-6-13-10/h5-7,9,12H,4,11H2,1-3H3. The van der Waals surface area contributed by atoms with Crippen LogP contribution in [0.5, 0.6) is 0 Å². The van der Waals surface area contributed by atoms with Gasteiger partial charge in [-0.15, -0.1) is 11.3 Å². The van der Waals surface area contributed by atoms with Gasteiger partial charge in [0.2, 0.25) is 0 Å². The molecule has 2 atom stereocenters. The van der Waals surface area contributed by atoms with Gasteiger partial charge in [0.05, 0.1) is 6.04 Å². The summed E-state index contributed by atoms with van der Waals surface area (Å²) in [5.74, 6) is 6.15. The van der Waals surface area contributed by atoms with Gasteiger partial charge in [-0.3, -0.25) is 11.3 Å². The Hall–Kier alpha value is -0.380. The van der Waals surface area contributed by atoms with E-state index in [1.54, 1.807) is 11.3 Å². The molecule has 2 unspecified atom stereocenters. The fourth-order valence-corrected chi connectivity index (χ4v) is 2.56. The average molecular weight is 198 g/mol. The molecule has 1 aromatic rings. The Morgan fingerprint density at radius 2 is 2.31 bits per heavy atom. The minimum absolute atomic E-state index is 0.310. The van der Waals surface area contributed by atoms with Crippen LogP contribution in [0.15, 0.2) is 11.4 Å². The second kappa shape index (κ2) is 4.74. The maximum Gasteiger partial charge on any atom is 0.0581 e. The van der Waals surface area contributed by atoms with Crippen LogP contribution in [-0.2, 0) is 0 Å². The summed E-state index contributed by atoms with van der Waals surface area (Å²) in [7, 11) is 0. The molecule has 0 saturated carbocycles. The molecule has 0 aromatic carbocycles. The lowest BCUT2D eigenvalue weighted by molar-refractivity contribution is 0.387. The summed E-state index contributed by atoms with van der Waals surface area (Å²) in [6.07, 6.45) is 1.15. The van der Waals surface area contributed by atoms with E-state index in [-0.39, 0.29) is 0 Å². The minimum atomic E-state index is 0.310. The van der Waals surface area contributed by atoms with Crippen molar-refractivity contribution >= 4 is 11.3 Å². The predicted octanol–water partition coefficient (Wildman–Crippen LogP) is 2.61. The Balaban J connectivity index is 2.84. The molecule has 0 radical (unpaired) electrons. The number of aryl methyl sites for hydroxylation is 1. The van der Waals surface area contributed by atoms with E-state index in [1.165, 1.54) is 10.4 Å². The van der Waals surface area contributed by atoms with Crippen LogP contribution in [0.4, 0.5) is 0 Å². The van der Waals surface area contributed by atoms with Crippen molar-refractivity contribution in [2.45, 2.75) is 33.2 Å². The molecular formula is C10H18N2S. The molecule has 13 heavy (non-hydrogen) atoms. The highest BCUT2D eigenvalue weighted by molar-refractivity contribution is 7.10. The van der Waals surface area contributed by atoms with Crippen LogP contribution in [0.25, 0.3) is 0 Å². The molecular weight excluding hydrogens is 180 g/mol. The summed E-state index contributed by atoms with van der Waals surface area (Å²) >= 11 is 1.78. The highest BCUT2D eigenvalue weighted by atomic mass is 32.1. The number of hydrogen-bond acceptors (Lipinski definition) is 3. The van der Waals surface area contributed by atoms with Crippen molar-refractivity contribution in [1.82, 2.24) is 5.43 Å². The highest BCUT2D eigenvalue weighted by Crippen LogP contribution is 2.30. The molecule has 1 heterocycles. The number of nitrogens with one attached hydrogen (secondary N) is 1. The lowest BCUT2D eigenvalue weighted by atomic mass is 9.97. The summed E-state index contributed by atoms with van der Waals surface area (Å²) in [5, 5.41) is 2.12. The summed E-state index contributed by atoms with van der Waals surface area (Å²) in [5.41, 5.74) is 4.25. The fourth-order valence-electron chi connectivity index (χ4n) is 1.44. The van der Waals surface area contributed by atoms with Gasteiger partial charge in [0.15, 0.2) is 0 Å². The quantitative estimate of drug-likeness (QED) is 0.576. The summed E-state index contributed by atoms with van der Waals surface area (Å²) in [4.78, 5) is 1.37. The van der Waals surface area contributed by atoms with Crippen molar-refractivity contribution in [3.05, 3.63) is 21.9 Å². The minimum Gasteiger partial charge on any atom is -0.271 e. The normalized spacial score (nSPS) is 15.7. The van der Waals surface area contributed by atoms with E-state index < -0.39 is 0 Å². The van der Waals surface area contributed by atoms with Crippen molar-refractivity contribution < 1.29 is 0 Å². The summed E-state index contributed by atoms with van der Waals surface area (Å²) in [6, 6.07) is 2.46. The molecule has 0 spiro atoms. The molecule has 0 saturated heterocycles. The van der Waals surface area contributed by atoms with E-state index >= 15 is 0 Å². The van der Waals surface area contributed by atoms with Crippen LogP contribution in [-0.4, -0.2) is 0 Å². The van der Waals surface area contributed by atoms with Crippen LogP contribution in [0.3, 0.4) is 0 Å². The summed E-state index contributed by atoms with van der Waals surface area (Å²) < 4.78 is 0. The molecule has 2 nitrogen and oxygen atoms in total. The first kappa shape index (κ1) is 10.7. The smallest absolute Gasteiger partial charge is 0.0581 e. The van der Waals surface area contributed by atoms with E-state index in [9.17, 15) is 0 Å². The average Bonchev–Trinajstić information content (AvgIpc) is 2.53. The van der Waals surface area contributed by atoms with Crippen molar-refractivity contribution in [3.63, 3.8) is 0 Å². The van der Waals surface area contributed by atoms with Crippen LogP contribution in [0.1, 0.15) is 36.8 Å². The van der Waals surface area contributed by atoms with E-state index in [4.69, 9.17) is 5.84 Å². The van der Waals surface area contributed by atoms with E-state index in [0.29, 0.717) is 12.0 Å². The third-order valence-electron chi connectivity index (χ3n) is 2.58. The van der Waals surface area contributed by atoms with Gasteiger partial charge < -0.3 is 0 Å². The number of rotatable bonds is 4. The maximum absolute atomic E-state index is 5.57. The number of hydrazine groups is 1. The van der Waals surface area contributed by atoms with Crippen LogP contribution >= 0.6 is 11.3 Å².